The van der Waals surface area contributed by atoms with Crippen LogP contribution in [0.25, 0.3) is 16.6 Å². The Labute approximate surface area is 164 Å². The second kappa shape index (κ2) is 8.97. The fraction of sp³-hybridized carbons (Fsp3) is 0.250. The molecule has 8 heteroatoms. The van der Waals surface area contributed by atoms with Crippen LogP contribution >= 0.6 is 11.8 Å². The van der Waals surface area contributed by atoms with Gasteiger partial charge in [0.15, 0.2) is 5.16 Å². The topological polar surface area (TPSA) is 61.2 Å². The molecule has 3 aromatic rings. The third kappa shape index (κ3) is 4.39. The average molecular weight is 404 g/mol. The molecule has 146 valence electrons. The van der Waals surface area contributed by atoms with Gasteiger partial charge in [0.25, 0.3) is 5.56 Å². The van der Waals surface area contributed by atoms with E-state index in [1.165, 1.54) is 17.8 Å². The normalized spacial score (nSPS) is 11.0. The fourth-order valence-corrected chi connectivity index (χ4v) is 3.64. The van der Waals surface area contributed by atoms with Gasteiger partial charge in [-0.25, -0.2) is 13.8 Å². The van der Waals surface area contributed by atoms with Crippen molar-refractivity contribution in [3.05, 3.63) is 64.5 Å². The van der Waals surface area contributed by atoms with Crippen LogP contribution in [0.4, 0.5) is 8.78 Å². The molecular weight excluding hydrogens is 386 g/mol. The summed E-state index contributed by atoms with van der Waals surface area (Å²) in [6.07, 6.45) is 0.752. The molecule has 2 aromatic carbocycles. The number of para-hydroxylation sites is 1. The summed E-state index contributed by atoms with van der Waals surface area (Å²) in [7, 11) is 0. The van der Waals surface area contributed by atoms with E-state index in [-0.39, 0.29) is 23.2 Å². The number of nitrogens with zero attached hydrogens (tertiary/aromatic N) is 2. The number of halogens is 2. The molecule has 0 aliphatic heterocycles. The van der Waals surface area contributed by atoms with Crippen LogP contribution in [0.2, 0.25) is 0 Å². The van der Waals surface area contributed by atoms with E-state index in [1.54, 1.807) is 31.2 Å². The first-order valence-corrected chi connectivity index (χ1v) is 9.75. The summed E-state index contributed by atoms with van der Waals surface area (Å²) in [6.45, 7) is 2.06. The molecule has 0 atom stereocenters. The number of hydrogen-bond donors (Lipinski definition) is 0. The highest BCUT2D eigenvalue weighted by Gasteiger charge is 2.16. The molecule has 0 radical (unpaired) electrons. The van der Waals surface area contributed by atoms with Crippen LogP contribution in [-0.4, -0.2) is 27.9 Å². The number of thioether (sulfide) groups is 1. The molecule has 1 heterocycles. The summed E-state index contributed by atoms with van der Waals surface area (Å²) in [5.41, 5.74) is -0.0271. The van der Waals surface area contributed by atoms with Crippen LogP contribution < -0.4 is 5.56 Å². The summed E-state index contributed by atoms with van der Waals surface area (Å²) in [4.78, 5) is 28.9. The first-order chi connectivity index (χ1) is 13.5. The molecule has 0 amide bonds. The minimum atomic E-state index is -0.854. The number of benzene rings is 2. The number of rotatable bonds is 7. The maximum absolute atomic E-state index is 14.4. The number of carbonyl (C=O) groups excluding carboxylic acids is 1. The highest BCUT2D eigenvalue weighted by Crippen LogP contribution is 2.24. The Morgan fingerprint density at radius 3 is 2.75 bits per heavy atom. The van der Waals surface area contributed by atoms with Gasteiger partial charge in [-0.15, -0.1) is 0 Å². The van der Waals surface area contributed by atoms with E-state index >= 15 is 0 Å². The van der Waals surface area contributed by atoms with Gasteiger partial charge in [-0.1, -0.05) is 23.9 Å². The van der Waals surface area contributed by atoms with Crippen molar-refractivity contribution in [1.82, 2.24) is 9.55 Å². The highest BCUT2D eigenvalue weighted by atomic mass is 32.2. The van der Waals surface area contributed by atoms with Crippen molar-refractivity contribution in [2.24, 2.45) is 0 Å². The summed E-state index contributed by atoms with van der Waals surface area (Å²) in [5.74, 6) is -1.40. The van der Waals surface area contributed by atoms with Gasteiger partial charge in [-0.05, 0) is 37.6 Å². The van der Waals surface area contributed by atoms with Crippen molar-refractivity contribution in [2.75, 3.05) is 12.4 Å². The van der Waals surface area contributed by atoms with Crippen LogP contribution in [0.15, 0.2) is 52.4 Å². The van der Waals surface area contributed by atoms with Gasteiger partial charge in [-0.2, -0.15) is 0 Å². The molecule has 0 N–H and O–H groups in total. The molecule has 28 heavy (non-hydrogen) atoms. The van der Waals surface area contributed by atoms with Gasteiger partial charge in [-0.3, -0.25) is 14.2 Å². The molecule has 0 fully saturated rings. The van der Waals surface area contributed by atoms with Gasteiger partial charge >= 0.3 is 5.97 Å². The smallest absolute Gasteiger partial charge is 0.305 e. The Hall–Kier alpha value is -2.74. The monoisotopic (exact) mass is 404 g/mol. The molecule has 0 saturated carbocycles. The second-order valence-corrected chi connectivity index (χ2v) is 6.97. The SMILES string of the molecule is CCOC(=O)CCCSc1nc2ccccc2c(=O)n1-c1ccc(F)cc1F. The van der Waals surface area contributed by atoms with E-state index in [0.29, 0.717) is 29.7 Å². The lowest BCUT2D eigenvalue weighted by Crippen LogP contribution is -2.23. The summed E-state index contributed by atoms with van der Waals surface area (Å²) in [6, 6.07) is 9.80. The molecule has 0 unspecified atom stereocenters. The van der Waals surface area contributed by atoms with Gasteiger partial charge < -0.3 is 4.74 Å². The summed E-state index contributed by atoms with van der Waals surface area (Å²) in [5, 5.41) is 0.611. The first-order valence-electron chi connectivity index (χ1n) is 8.77. The highest BCUT2D eigenvalue weighted by molar-refractivity contribution is 7.99. The molecule has 1 aromatic heterocycles. The Morgan fingerprint density at radius 1 is 1.21 bits per heavy atom. The standard InChI is InChI=1S/C20H18F2N2O3S/c1-2-27-18(25)8-5-11-28-20-23-16-7-4-3-6-14(16)19(26)24(20)17-10-9-13(21)12-15(17)22/h3-4,6-7,9-10,12H,2,5,8,11H2,1H3. The Morgan fingerprint density at radius 2 is 2.00 bits per heavy atom. The van der Waals surface area contributed by atoms with Crippen LogP contribution in [0.5, 0.6) is 0 Å². The Balaban J connectivity index is 1.98. The lowest BCUT2D eigenvalue weighted by Gasteiger charge is -2.14. The Bertz CT molecular complexity index is 1070. The molecular formula is C20H18F2N2O3S. The maximum atomic E-state index is 14.4. The predicted molar refractivity (Wildman–Crippen MR) is 104 cm³/mol. The quantitative estimate of drug-likeness (QED) is 0.257. The van der Waals surface area contributed by atoms with Crippen molar-refractivity contribution in [2.45, 2.75) is 24.9 Å². The summed E-state index contributed by atoms with van der Waals surface area (Å²) >= 11 is 1.23. The van der Waals surface area contributed by atoms with Crippen LogP contribution in [0, 0.1) is 11.6 Å². The zero-order valence-corrected chi connectivity index (χ0v) is 16.0. The first kappa shape index (κ1) is 20.0. The van der Waals surface area contributed by atoms with Crippen LogP contribution in [0.3, 0.4) is 0 Å². The molecule has 5 nitrogen and oxygen atoms in total. The van der Waals surface area contributed by atoms with Gasteiger partial charge in [0.05, 0.1) is 23.2 Å². The Kier molecular flexibility index (Phi) is 6.41. The minimum absolute atomic E-state index is 0.0717. The number of esters is 1. The third-order valence-corrected chi connectivity index (χ3v) is 4.98. The number of ether oxygens (including phenoxy) is 1. The molecule has 0 aliphatic carbocycles. The summed E-state index contributed by atoms with van der Waals surface area (Å²) < 4.78 is 33.7. The molecule has 0 spiro atoms. The van der Waals surface area contributed by atoms with Crippen LogP contribution in [0.1, 0.15) is 19.8 Å². The number of fused-ring (bicyclic) bond motifs is 1. The molecule has 3 rings (SSSR count). The second-order valence-electron chi connectivity index (χ2n) is 5.90. The fourth-order valence-electron chi connectivity index (χ4n) is 2.70. The largest absolute Gasteiger partial charge is 0.466 e. The van der Waals surface area contributed by atoms with Crippen molar-refractivity contribution in [3.63, 3.8) is 0 Å². The molecule has 0 bridgehead atoms. The number of carbonyl (C=O) groups is 1. The lowest BCUT2D eigenvalue weighted by molar-refractivity contribution is -0.143. The van der Waals surface area contributed by atoms with Gasteiger partial charge in [0.1, 0.15) is 11.6 Å². The van der Waals surface area contributed by atoms with E-state index in [1.807, 2.05) is 0 Å². The minimum Gasteiger partial charge on any atom is -0.466 e. The van der Waals surface area contributed by atoms with E-state index in [2.05, 4.69) is 4.98 Å². The van der Waals surface area contributed by atoms with Crippen molar-refractivity contribution in [3.8, 4) is 5.69 Å². The van der Waals surface area contributed by atoms with Crippen molar-refractivity contribution in [1.29, 1.82) is 0 Å². The molecule has 0 saturated heterocycles. The predicted octanol–water partition coefficient (Wildman–Crippen LogP) is 4.10. The average Bonchev–Trinajstić information content (AvgIpc) is 2.67. The zero-order valence-electron chi connectivity index (χ0n) is 15.2. The molecule has 0 aliphatic rings. The lowest BCUT2D eigenvalue weighted by atomic mass is 10.2. The van der Waals surface area contributed by atoms with E-state index in [4.69, 9.17) is 4.74 Å². The number of aromatic nitrogens is 2. The van der Waals surface area contributed by atoms with Crippen molar-refractivity contribution < 1.29 is 18.3 Å². The maximum Gasteiger partial charge on any atom is 0.305 e. The zero-order chi connectivity index (χ0) is 20.1. The van der Waals surface area contributed by atoms with Gasteiger partial charge in [0, 0.05) is 18.2 Å². The van der Waals surface area contributed by atoms with Gasteiger partial charge in [0.2, 0.25) is 0 Å². The third-order valence-electron chi connectivity index (χ3n) is 3.96. The van der Waals surface area contributed by atoms with E-state index in [9.17, 15) is 18.4 Å². The van der Waals surface area contributed by atoms with E-state index in [0.717, 1.165) is 16.7 Å². The van der Waals surface area contributed by atoms with E-state index < -0.39 is 17.2 Å². The van der Waals surface area contributed by atoms with Crippen LogP contribution in [-0.2, 0) is 9.53 Å². The number of hydrogen-bond acceptors (Lipinski definition) is 5. The van der Waals surface area contributed by atoms with Crippen molar-refractivity contribution >= 4 is 28.6 Å².